The standard InChI is InChI=1S/C26H37N3O4/c1-20(30)28-12-7-23(8-13-28)25(32)29-14-10-26(11-15-29)18-22(9-16-33-26)17-24(31)27-19-21-5-3-2-4-6-21/h2-6,22-23H,7-19H2,1H3,(H,27,31). The van der Waals surface area contributed by atoms with E-state index in [-0.39, 0.29) is 29.2 Å². The quantitative estimate of drug-likeness (QED) is 0.741. The second-order valence-electron chi connectivity index (χ2n) is 9.96. The molecular weight excluding hydrogens is 418 g/mol. The molecule has 0 saturated carbocycles. The normalized spacial score (nSPS) is 23.4. The van der Waals surface area contributed by atoms with Crippen molar-refractivity contribution >= 4 is 17.7 Å². The first kappa shape index (κ1) is 23.7. The summed E-state index contributed by atoms with van der Waals surface area (Å²) in [5, 5.41) is 3.05. The maximum absolute atomic E-state index is 13.0. The SMILES string of the molecule is CC(=O)N1CCC(C(=O)N2CCC3(CC2)CC(CC(=O)NCc2ccccc2)CCO3)CC1. The highest BCUT2D eigenvalue weighted by molar-refractivity contribution is 5.80. The van der Waals surface area contributed by atoms with Crippen molar-refractivity contribution in [2.24, 2.45) is 11.8 Å². The highest BCUT2D eigenvalue weighted by Gasteiger charge is 2.42. The number of carbonyl (C=O) groups excluding carboxylic acids is 3. The Morgan fingerprint density at radius 2 is 1.70 bits per heavy atom. The zero-order valence-electron chi connectivity index (χ0n) is 19.8. The van der Waals surface area contributed by atoms with Crippen LogP contribution >= 0.6 is 0 Å². The zero-order chi connectivity index (χ0) is 23.3. The first-order chi connectivity index (χ1) is 15.9. The van der Waals surface area contributed by atoms with Crippen LogP contribution in [0.5, 0.6) is 0 Å². The molecule has 0 bridgehead atoms. The van der Waals surface area contributed by atoms with Crippen LogP contribution in [0.2, 0.25) is 0 Å². The highest BCUT2D eigenvalue weighted by atomic mass is 16.5. The van der Waals surface area contributed by atoms with Gasteiger partial charge in [0.25, 0.3) is 0 Å². The summed E-state index contributed by atoms with van der Waals surface area (Å²) < 4.78 is 6.25. The Morgan fingerprint density at radius 1 is 1.00 bits per heavy atom. The molecule has 7 heteroatoms. The largest absolute Gasteiger partial charge is 0.375 e. The van der Waals surface area contributed by atoms with E-state index in [0.717, 1.165) is 57.2 Å². The molecular formula is C26H37N3O4. The topological polar surface area (TPSA) is 79.0 Å². The Balaban J connectivity index is 1.22. The Hall–Kier alpha value is -2.41. The molecule has 3 amide bonds. The monoisotopic (exact) mass is 455 g/mol. The second kappa shape index (κ2) is 10.7. The van der Waals surface area contributed by atoms with Gasteiger partial charge >= 0.3 is 0 Å². The predicted octanol–water partition coefficient (Wildman–Crippen LogP) is 2.74. The van der Waals surface area contributed by atoms with E-state index in [2.05, 4.69) is 5.32 Å². The van der Waals surface area contributed by atoms with Gasteiger partial charge in [0.15, 0.2) is 0 Å². The number of hydrogen-bond donors (Lipinski definition) is 1. The van der Waals surface area contributed by atoms with Crippen molar-refractivity contribution in [2.45, 2.75) is 64.0 Å². The van der Waals surface area contributed by atoms with Gasteiger partial charge < -0.3 is 19.9 Å². The van der Waals surface area contributed by atoms with Crippen molar-refractivity contribution in [3.05, 3.63) is 35.9 Å². The predicted molar refractivity (Wildman–Crippen MR) is 125 cm³/mol. The van der Waals surface area contributed by atoms with Crippen molar-refractivity contribution in [1.82, 2.24) is 15.1 Å². The minimum absolute atomic E-state index is 0.0305. The summed E-state index contributed by atoms with van der Waals surface area (Å²) in [6.45, 7) is 5.65. The van der Waals surface area contributed by atoms with E-state index in [1.807, 2.05) is 40.1 Å². The Labute approximate surface area is 196 Å². The number of rotatable bonds is 5. The van der Waals surface area contributed by atoms with Crippen molar-refractivity contribution in [3.8, 4) is 0 Å². The molecule has 180 valence electrons. The third-order valence-corrected chi connectivity index (χ3v) is 7.68. The first-order valence-corrected chi connectivity index (χ1v) is 12.4. The molecule has 3 aliphatic rings. The molecule has 4 rings (SSSR count). The van der Waals surface area contributed by atoms with Gasteiger partial charge in [-0.1, -0.05) is 30.3 Å². The van der Waals surface area contributed by atoms with Crippen LogP contribution in [-0.2, 0) is 25.7 Å². The zero-order valence-corrected chi connectivity index (χ0v) is 19.8. The van der Waals surface area contributed by atoms with Crippen molar-refractivity contribution in [2.75, 3.05) is 32.8 Å². The Bertz CT molecular complexity index is 827. The summed E-state index contributed by atoms with van der Waals surface area (Å²) in [6.07, 6.45) is 5.55. The van der Waals surface area contributed by atoms with Crippen LogP contribution in [0.1, 0.15) is 57.4 Å². The van der Waals surface area contributed by atoms with Crippen molar-refractivity contribution < 1.29 is 19.1 Å². The van der Waals surface area contributed by atoms with Crippen LogP contribution < -0.4 is 5.32 Å². The average Bonchev–Trinajstić information content (AvgIpc) is 2.84. The van der Waals surface area contributed by atoms with Crippen molar-refractivity contribution in [3.63, 3.8) is 0 Å². The number of nitrogens with zero attached hydrogens (tertiary/aromatic N) is 2. The molecule has 3 saturated heterocycles. The Morgan fingerprint density at radius 3 is 2.36 bits per heavy atom. The molecule has 3 fully saturated rings. The van der Waals surface area contributed by atoms with E-state index in [1.54, 1.807) is 6.92 Å². The molecule has 0 aliphatic carbocycles. The third-order valence-electron chi connectivity index (χ3n) is 7.68. The molecule has 1 unspecified atom stereocenters. The van der Waals surface area contributed by atoms with Gasteiger partial charge in [0.1, 0.15) is 0 Å². The third kappa shape index (κ3) is 6.14. The van der Waals surface area contributed by atoms with Crippen LogP contribution in [-0.4, -0.2) is 65.9 Å². The van der Waals surface area contributed by atoms with Crippen molar-refractivity contribution in [1.29, 1.82) is 0 Å². The summed E-state index contributed by atoms with van der Waals surface area (Å²) in [7, 11) is 0. The lowest BCUT2D eigenvalue weighted by atomic mass is 9.78. The number of piperidine rings is 2. The maximum atomic E-state index is 13.0. The lowest BCUT2D eigenvalue weighted by molar-refractivity contribution is -0.153. The number of amides is 3. The highest BCUT2D eigenvalue weighted by Crippen LogP contribution is 2.39. The molecule has 3 heterocycles. The lowest BCUT2D eigenvalue weighted by Gasteiger charge is -2.47. The number of carbonyl (C=O) groups is 3. The number of nitrogens with one attached hydrogen (secondary N) is 1. The van der Waals surface area contributed by atoms with E-state index in [4.69, 9.17) is 4.74 Å². The van der Waals surface area contributed by atoms with Crippen LogP contribution in [0.3, 0.4) is 0 Å². The molecule has 33 heavy (non-hydrogen) atoms. The van der Waals surface area contributed by atoms with Crippen LogP contribution in [0.15, 0.2) is 30.3 Å². The fourth-order valence-corrected chi connectivity index (χ4v) is 5.62. The lowest BCUT2D eigenvalue weighted by Crippen LogP contribution is -2.53. The van der Waals surface area contributed by atoms with E-state index in [0.29, 0.717) is 38.6 Å². The summed E-state index contributed by atoms with van der Waals surface area (Å²) in [4.78, 5) is 40.9. The molecule has 1 aromatic rings. The summed E-state index contributed by atoms with van der Waals surface area (Å²) >= 11 is 0. The van der Waals surface area contributed by atoms with Gasteiger partial charge in [-0.2, -0.15) is 0 Å². The van der Waals surface area contributed by atoms with Gasteiger partial charge in [-0.25, -0.2) is 0 Å². The van der Waals surface area contributed by atoms with Crippen LogP contribution in [0.25, 0.3) is 0 Å². The van der Waals surface area contributed by atoms with Gasteiger partial charge in [0.05, 0.1) is 5.60 Å². The molecule has 0 radical (unpaired) electrons. The maximum Gasteiger partial charge on any atom is 0.225 e. The number of benzene rings is 1. The molecule has 1 aromatic carbocycles. The molecule has 3 aliphatic heterocycles. The molecule has 1 atom stereocenters. The second-order valence-corrected chi connectivity index (χ2v) is 9.96. The van der Waals surface area contributed by atoms with Gasteiger partial charge in [-0.05, 0) is 50.0 Å². The first-order valence-electron chi connectivity index (χ1n) is 12.4. The smallest absolute Gasteiger partial charge is 0.225 e. The fraction of sp³-hybridized carbons (Fsp3) is 0.654. The van der Waals surface area contributed by atoms with Crippen LogP contribution in [0, 0.1) is 11.8 Å². The number of hydrogen-bond acceptors (Lipinski definition) is 4. The van der Waals surface area contributed by atoms with E-state index >= 15 is 0 Å². The summed E-state index contributed by atoms with van der Waals surface area (Å²) in [5.74, 6) is 0.792. The van der Waals surface area contributed by atoms with Crippen LogP contribution in [0.4, 0.5) is 0 Å². The Kier molecular flexibility index (Phi) is 7.68. The average molecular weight is 456 g/mol. The van der Waals surface area contributed by atoms with E-state index in [1.165, 1.54) is 0 Å². The van der Waals surface area contributed by atoms with E-state index in [9.17, 15) is 14.4 Å². The molecule has 1 N–H and O–H groups in total. The van der Waals surface area contributed by atoms with Gasteiger partial charge in [0, 0.05) is 58.6 Å². The minimum atomic E-state index is -0.197. The fourth-order valence-electron chi connectivity index (χ4n) is 5.62. The van der Waals surface area contributed by atoms with Gasteiger partial charge in [-0.15, -0.1) is 0 Å². The summed E-state index contributed by atoms with van der Waals surface area (Å²) in [6, 6.07) is 9.98. The number of ether oxygens (including phenoxy) is 1. The van der Waals surface area contributed by atoms with Gasteiger partial charge in [-0.3, -0.25) is 14.4 Å². The molecule has 1 spiro atoms. The molecule has 0 aromatic heterocycles. The minimum Gasteiger partial charge on any atom is -0.375 e. The molecule has 7 nitrogen and oxygen atoms in total. The van der Waals surface area contributed by atoms with E-state index < -0.39 is 0 Å². The number of likely N-dealkylation sites (tertiary alicyclic amines) is 2. The summed E-state index contributed by atoms with van der Waals surface area (Å²) in [5.41, 5.74) is 0.913. The van der Waals surface area contributed by atoms with Gasteiger partial charge in [0.2, 0.25) is 17.7 Å².